The Morgan fingerprint density at radius 2 is 1.13 bits per heavy atom. The molecule has 0 heterocycles. The fourth-order valence-corrected chi connectivity index (χ4v) is 5.37. The Labute approximate surface area is 236 Å². The fourth-order valence-electron chi connectivity index (χ4n) is 5.37. The standard InChI is InChI=1S/C35H62O3/c1-8-9-10-11-12-13-14-15-16-17-18-19-20-21-22-23-28-38-31(36)27-25-29-24-26-30(34(2,3)4)32(33(29)37)35(5,6)7/h24,26,37H,8-23,25,27-28H2,1-7H3. The number of esters is 1. The average Bonchev–Trinajstić information content (AvgIpc) is 2.83. The van der Waals surface area contributed by atoms with Gasteiger partial charge < -0.3 is 9.84 Å². The monoisotopic (exact) mass is 530 g/mol. The molecule has 3 nitrogen and oxygen atoms in total. The molecule has 0 saturated carbocycles. The van der Waals surface area contributed by atoms with E-state index in [0.717, 1.165) is 29.5 Å². The van der Waals surface area contributed by atoms with Crippen molar-refractivity contribution in [3.63, 3.8) is 0 Å². The number of phenolic OH excluding ortho intramolecular Hbond substituents is 1. The maximum atomic E-state index is 12.3. The summed E-state index contributed by atoms with van der Waals surface area (Å²) in [4.78, 5) is 12.3. The molecule has 0 aliphatic rings. The molecule has 220 valence electrons. The van der Waals surface area contributed by atoms with E-state index in [2.05, 4.69) is 54.5 Å². The van der Waals surface area contributed by atoms with Crippen LogP contribution < -0.4 is 0 Å². The third-order valence-electron chi connectivity index (χ3n) is 7.68. The number of benzene rings is 1. The van der Waals surface area contributed by atoms with E-state index in [1.54, 1.807) is 0 Å². The van der Waals surface area contributed by atoms with Gasteiger partial charge >= 0.3 is 5.97 Å². The zero-order chi connectivity index (χ0) is 28.4. The molecule has 0 bridgehead atoms. The van der Waals surface area contributed by atoms with Crippen molar-refractivity contribution in [2.24, 2.45) is 0 Å². The third-order valence-corrected chi connectivity index (χ3v) is 7.68. The summed E-state index contributed by atoms with van der Waals surface area (Å²) in [6.45, 7) is 15.7. The minimum Gasteiger partial charge on any atom is -0.507 e. The van der Waals surface area contributed by atoms with Crippen LogP contribution in [0.3, 0.4) is 0 Å². The van der Waals surface area contributed by atoms with Gasteiger partial charge in [-0.15, -0.1) is 0 Å². The summed E-state index contributed by atoms with van der Waals surface area (Å²) in [5.74, 6) is 0.179. The van der Waals surface area contributed by atoms with Crippen LogP contribution in [-0.2, 0) is 26.8 Å². The summed E-state index contributed by atoms with van der Waals surface area (Å²) in [5, 5.41) is 11.1. The number of carbonyl (C=O) groups is 1. The molecule has 1 aromatic rings. The number of hydrogen-bond acceptors (Lipinski definition) is 3. The van der Waals surface area contributed by atoms with Crippen LogP contribution in [0.1, 0.15) is 174 Å². The average molecular weight is 531 g/mol. The Hall–Kier alpha value is -1.51. The Kier molecular flexibility index (Phi) is 17.0. The van der Waals surface area contributed by atoms with Gasteiger partial charge in [-0.2, -0.15) is 0 Å². The van der Waals surface area contributed by atoms with Crippen LogP contribution in [0.2, 0.25) is 0 Å². The summed E-state index contributed by atoms with van der Waals surface area (Å²) in [6, 6.07) is 4.10. The lowest BCUT2D eigenvalue weighted by atomic mass is 9.74. The SMILES string of the molecule is CCCCCCCCCCCCCCCCCCOC(=O)CCc1ccc(C(C)(C)C)c(C(C)(C)C)c1O. The van der Waals surface area contributed by atoms with E-state index in [9.17, 15) is 9.90 Å². The summed E-state index contributed by atoms with van der Waals surface area (Å²) in [5.41, 5.74) is 2.77. The number of aromatic hydroxyl groups is 1. The number of unbranched alkanes of at least 4 members (excludes halogenated alkanes) is 15. The smallest absolute Gasteiger partial charge is 0.306 e. The lowest BCUT2D eigenvalue weighted by Crippen LogP contribution is -2.22. The van der Waals surface area contributed by atoms with Gasteiger partial charge in [-0.05, 0) is 34.8 Å². The normalized spacial score (nSPS) is 12.2. The quantitative estimate of drug-likeness (QED) is 0.135. The second-order valence-electron chi connectivity index (χ2n) is 13.5. The molecule has 0 fully saturated rings. The molecule has 0 radical (unpaired) electrons. The Balaban J connectivity index is 2.12. The molecule has 0 atom stereocenters. The van der Waals surface area contributed by atoms with E-state index in [-0.39, 0.29) is 16.8 Å². The van der Waals surface area contributed by atoms with E-state index in [1.807, 2.05) is 6.07 Å². The topological polar surface area (TPSA) is 46.5 Å². The first kappa shape index (κ1) is 34.5. The van der Waals surface area contributed by atoms with Gasteiger partial charge in [-0.25, -0.2) is 0 Å². The lowest BCUT2D eigenvalue weighted by molar-refractivity contribution is -0.143. The van der Waals surface area contributed by atoms with Crippen molar-refractivity contribution >= 4 is 5.97 Å². The number of hydrogen-bond donors (Lipinski definition) is 1. The highest BCUT2D eigenvalue weighted by molar-refractivity contribution is 5.70. The molecule has 0 aliphatic carbocycles. The number of phenols is 1. The summed E-state index contributed by atoms with van der Waals surface area (Å²) < 4.78 is 5.48. The van der Waals surface area contributed by atoms with E-state index < -0.39 is 0 Å². The maximum Gasteiger partial charge on any atom is 0.306 e. The molecule has 0 aromatic heterocycles. The van der Waals surface area contributed by atoms with Crippen molar-refractivity contribution in [2.75, 3.05) is 6.61 Å². The van der Waals surface area contributed by atoms with Gasteiger partial charge in [0.1, 0.15) is 5.75 Å². The van der Waals surface area contributed by atoms with Crippen molar-refractivity contribution in [2.45, 2.75) is 175 Å². The molecule has 3 heteroatoms. The minimum atomic E-state index is -0.170. The highest BCUT2D eigenvalue weighted by Gasteiger charge is 2.29. The third kappa shape index (κ3) is 14.6. The molecule has 1 N–H and O–H groups in total. The van der Waals surface area contributed by atoms with E-state index in [4.69, 9.17) is 4.74 Å². The van der Waals surface area contributed by atoms with Gasteiger partial charge in [0.2, 0.25) is 0 Å². The molecule has 0 saturated heterocycles. The Morgan fingerprint density at radius 1 is 0.684 bits per heavy atom. The zero-order valence-electron chi connectivity index (χ0n) is 26.4. The Bertz CT molecular complexity index is 767. The molecule has 0 spiro atoms. The minimum absolute atomic E-state index is 0.0511. The van der Waals surface area contributed by atoms with E-state index in [0.29, 0.717) is 25.2 Å². The van der Waals surface area contributed by atoms with Crippen LogP contribution in [0.5, 0.6) is 5.75 Å². The molecule has 1 rings (SSSR count). The van der Waals surface area contributed by atoms with Gasteiger partial charge in [0.25, 0.3) is 0 Å². The lowest BCUT2D eigenvalue weighted by Gasteiger charge is -2.31. The first-order chi connectivity index (χ1) is 18.0. The predicted octanol–water partition coefficient (Wildman–Crippen LogP) is 10.7. The van der Waals surface area contributed by atoms with Gasteiger partial charge in [0.05, 0.1) is 6.61 Å². The molecule has 0 aliphatic heterocycles. The number of ether oxygens (including phenoxy) is 1. The van der Waals surface area contributed by atoms with Crippen molar-refractivity contribution in [1.29, 1.82) is 0 Å². The molecule has 0 unspecified atom stereocenters. The van der Waals surface area contributed by atoms with Crippen molar-refractivity contribution in [3.05, 3.63) is 28.8 Å². The van der Waals surface area contributed by atoms with Crippen LogP contribution in [0.25, 0.3) is 0 Å². The highest BCUT2D eigenvalue weighted by atomic mass is 16.5. The van der Waals surface area contributed by atoms with Crippen molar-refractivity contribution in [3.8, 4) is 5.75 Å². The molecular weight excluding hydrogens is 468 g/mol. The van der Waals surface area contributed by atoms with Crippen molar-refractivity contribution < 1.29 is 14.6 Å². The molecule has 38 heavy (non-hydrogen) atoms. The van der Waals surface area contributed by atoms with Crippen LogP contribution in [-0.4, -0.2) is 17.7 Å². The maximum absolute atomic E-state index is 12.3. The van der Waals surface area contributed by atoms with Crippen LogP contribution >= 0.6 is 0 Å². The second-order valence-corrected chi connectivity index (χ2v) is 13.5. The van der Waals surface area contributed by atoms with Crippen molar-refractivity contribution in [1.82, 2.24) is 0 Å². The summed E-state index contributed by atoms with van der Waals surface area (Å²) in [6.07, 6.45) is 22.2. The molecule has 0 amide bonds. The van der Waals surface area contributed by atoms with Crippen LogP contribution in [0.4, 0.5) is 0 Å². The van der Waals surface area contributed by atoms with Crippen LogP contribution in [0, 0.1) is 0 Å². The number of rotatable bonds is 20. The largest absolute Gasteiger partial charge is 0.507 e. The van der Waals surface area contributed by atoms with Gasteiger partial charge in [0.15, 0.2) is 0 Å². The molecule has 1 aromatic carbocycles. The number of carbonyl (C=O) groups excluding carboxylic acids is 1. The first-order valence-electron chi connectivity index (χ1n) is 16.0. The summed E-state index contributed by atoms with van der Waals surface area (Å²) in [7, 11) is 0. The van der Waals surface area contributed by atoms with Crippen LogP contribution in [0.15, 0.2) is 12.1 Å². The zero-order valence-corrected chi connectivity index (χ0v) is 26.4. The second kappa shape index (κ2) is 18.7. The first-order valence-corrected chi connectivity index (χ1v) is 16.0. The van der Waals surface area contributed by atoms with E-state index >= 15 is 0 Å². The van der Waals surface area contributed by atoms with Gasteiger partial charge in [-0.3, -0.25) is 4.79 Å². The Morgan fingerprint density at radius 3 is 1.55 bits per heavy atom. The summed E-state index contributed by atoms with van der Waals surface area (Å²) >= 11 is 0. The van der Waals surface area contributed by atoms with E-state index in [1.165, 1.54) is 89.9 Å². The predicted molar refractivity (Wildman–Crippen MR) is 164 cm³/mol. The highest BCUT2D eigenvalue weighted by Crippen LogP contribution is 2.41. The molecular formula is C35H62O3. The fraction of sp³-hybridized carbons (Fsp3) is 0.800. The van der Waals surface area contributed by atoms with Gasteiger partial charge in [0, 0.05) is 12.0 Å². The van der Waals surface area contributed by atoms with Gasteiger partial charge in [-0.1, -0.05) is 157 Å². The number of aryl methyl sites for hydroxylation is 1.